The van der Waals surface area contributed by atoms with E-state index < -0.39 is 5.97 Å². The number of aryl methyl sites for hydroxylation is 2. The molecule has 0 unspecified atom stereocenters. The van der Waals surface area contributed by atoms with Crippen LogP contribution in [-0.2, 0) is 16.0 Å². The van der Waals surface area contributed by atoms with Crippen molar-refractivity contribution in [2.75, 3.05) is 6.54 Å². The van der Waals surface area contributed by atoms with Gasteiger partial charge in [0.1, 0.15) is 6.54 Å². The van der Waals surface area contributed by atoms with Crippen molar-refractivity contribution in [3.63, 3.8) is 0 Å². The van der Waals surface area contributed by atoms with E-state index in [0.29, 0.717) is 6.42 Å². The number of hydrogen-bond acceptors (Lipinski definition) is 2. The Hall–Kier alpha value is -1.84. The Labute approximate surface area is 101 Å². The molecule has 0 saturated heterocycles. The third-order valence-corrected chi connectivity index (χ3v) is 2.43. The van der Waals surface area contributed by atoms with Gasteiger partial charge in [-0.25, -0.2) is 0 Å². The molecule has 4 nitrogen and oxygen atoms in total. The lowest BCUT2D eigenvalue weighted by Gasteiger charge is -2.03. The predicted octanol–water partition coefficient (Wildman–Crippen LogP) is 1.52. The van der Waals surface area contributed by atoms with E-state index in [4.69, 9.17) is 5.11 Å². The van der Waals surface area contributed by atoms with E-state index in [9.17, 15) is 9.59 Å². The molecule has 92 valence electrons. The molecule has 1 amide bonds. The summed E-state index contributed by atoms with van der Waals surface area (Å²) in [7, 11) is 0. The van der Waals surface area contributed by atoms with Gasteiger partial charge in [0, 0.05) is 6.42 Å². The zero-order valence-corrected chi connectivity index (χ0v) is 9.90. The highest BCUT2D eigenvalue weighted by Crippen LogP contribution is 2.06. The number of nitrogens with one attached hydrogen (secondary N) is 1. The minimum atomic E-state index is -1.02. The van der Waals surface area contributed by atoms with Crippen LogP contribution in [0.1, 0.15) is 24.0 Å². The van der Waals surface area contributed by atoms with Crippen LogP contribution in [0, 0.1) is 6.92 Å². The van der Waals surface area contributed by atoms with Crippen LogP contribution in [0.3, 0.4) is 0 Å². The highest BCUT2D eigenvalue weighted by molar-refractivity contribution is 5.80. The maximum atomic E-state index is 11.2. The molecule has 0 atom stereocenters. The second kappa shape index (κ2) is 6.68. The Morgan fingerprint density at radius 1 is 1.24 bits per heavy atom. The molecular formula is C13H17NO3. The van der Waals surface area contributed by atoms with Crippen molar-refractivity contribution in [1.29, 1.82) is 0 Å². The van der Waals surface area contributed by atoms with Crippen LogP contribution in [0.2, 0.25) is 0 Å². The molecule has 1 aromatic rings. The molecule has 0 aromatic heterocycles. The van der Waals surface area contributed by atoms with E-state index in [1.807, 2.05) is 31.2 Å². The van der Waals surface area contributed by atoms with Crippen molar-refractivity contribution in [2.24, 2.45) is 0 Å². The second-order valence-corrected chi connectivity index (χ2v) is 4.01. The highest BCUT2D eigenvalue weighted by atomic mass is 16.4. The maximum absolute atomic E-state index is 11.2. The van der Waals surface area contributed by atoms with Crippen molar-refractivity contribution in [3.8, 4) is 0 Å². The van der Waals surface area contributed by atoms with Gasteiger partial charge in [0.05, 0.1) is 0 Å². The third kappa shape index (κ3) is 5.70. The number of carbonyl (C=O) groups excluding carboxylic acids is 1. The summed E-state index contributed by atoms with van der Waals surface area (Å²) >= 11 is 0. The Kier molecular flexibility index (Phi) is 5.20. The normalized spacial score (nSPS) is 9.94. The standard InChI is InChI=1S/C13H17NO3/c1-10-5-7-11(8-6-10)3-2-4-12(15)14-9-13(16)17/h5-8H,2-4,9H2,1H3,(H,14,15)(H,16,17). The van der Waals surface area contributed by atoms with Gasteiger partial charge in [-0.1, -0.05) is 29.8 Å². The van der Waals surface area contributed by atoms with Crippen LogP contribution in [0.5, 0.6) is 0 Å². The van der Waals surface area contributed by atoms with Crippen molar-refractivity contribution >= 4 is 11.9 Å². The SMILES string of the molecule is Cc1ccc(CCCC(=O)NCC(=O)O)cc1. The lowest BCUT2D eigenvalue weighted by Crippen LogP contribution is -2.28. The quantitative estimate of drug-likeness (QED) is 0.785. The van der Waals surface area contributed by atoms with Gasteiger partial charge in [-0.05, 0) is 25.3 Å². The summed E-state index contributed by atoms with van der Waals surface area (Å²) in [6, 6.07) is 8.18. The first kappa shape index (κ1) is 13.2. The molecule has 0 aliphatic carbocycles. The van der Waals surface area contributed by atoms with Gasteiger partial charge in [0.15, 0.2) is 0 Å². The maximum Gasteiger partial charge on any atom is 0.322 e. The summed E-state index contributed by atoms with van der Waals surface area (Å²) in [6.07, 6.45) is 1.93. The van der Waals surface area contributed by atoms with Crippen LogP contribution in [0.15, 0.2) is 24.3 Å². The van der Waals surface area contributed by atoms with Crippen LogP contribution < -0.4 is 5.32 Å². The minimum Gasteiger partial charge on any atom is -0.480 e. The molecule has 0 radical (unpaired) electrons. The topological polar surface area (TPSA) is 66.4 Å². The fourth-order valence-corrected chi connectivity index (χ4v) is 1.47. The summed E-state index contributed by atoms with van der Waals surface area (Å²) in [6.45, 7) is 1.73. The van der Waals surface area contributed by atoms with E-state index in [2.05, 4.69) is 5.32 Å². The fourth-order valence-electron chi connectivity index (χ4n) is 1.47. The van der Waals surface area contributed by atoms with Gasteiger partial charge in [-0.3, -0.25) is 9.59 Å². The summed E-state index contributed by atoms with van der Waals surface area (Å²) in [4.78, 5) is 21.4. The van der Waals surface area contributed by atoms with Crippen LogP contribution in [-0.4, -0.2) is 23.5 Å². The number of carboxylic acid groups (broad SMARTS) is 1. The Morgan fingerprint density at radius 2 is 1.88 bits per heavy atom. The van der Waals surface area contributed by atoms with Crippen LogP contribution in [0.4, 0.5) is 0 Å². The molecule has 0 heterocycles. The molecule has 1 aromatic carbocycles. The lowest BCUT2D eigenvalue weighted by atomic mass is 10.1. The number of amides is 1. The lowest BCUT2D eigenvalue weighted by molar-refractivity contribution is -0.137. The zero-order chi connectivity index (χ0) is 12.7. The first-order chi connectivity index (χ1) is 8.08. The van der Waals surface area contributed by atoms with E-state index in [1.54, 1.807) is 0 Å². The van der Waals surface area contributed by atoms with Gasteiger partial charge >= 0.3 is 5.97 Å². The number of carboxylic acids is 1. The highest BCUT2D eigenvalue weighted by Gasteiger charge is 2.03. The van der Waals surface area contributed by atoms with Crippen LogP contribution >= 0.6 is 0 Å². The summed E-state index contributed by atoms with van der Waals surface area (Å²) in [5.41, 5.74) is 2.41. The first-order valence-electron chi connectivity index (χ1n) is 5.62. The van der Waals surface area contributed by atoms with E-state index >= 15 is 0 Å². The van der Waals surface area contributed by atoms with Gasteiger partial charge in [-0.2, -0.15) is 0 Å². The molecule has 0 aliphatic rings. The third-order valence-electron chi connectivity index (χ3n) is 2.43. The smallest absolute Gasteiger partial charge is 0.322 e. The van der Waals surface area contributed by atoms with Gasteiger partial charge in [0.25, 0.3) is 0 Å². The molecule has 0 fully saturated rings. The molecule has 0 bridgehead atoms. The number of rotatable bonds is 6. The molecule has 1 rings (SSSR count). The Bertz CT molecular complexity index is 384. The van der Waals surface area contributed by atoms with Gasteiger partial charge in [0.2, 0.25) is 5.91 Å². The number of hydrogen-bond donors (Lipinski definition) is 2. The van der Waals surface area contributed by atoms with Crippen LogP contribution in [0.25, 0.3) is 0 Å². The van der Waals surface area contributed by atoms with Crippen molar-refractivity contribution in [3.05, 3.63) is 35.4 Å². The number of benzene rings is 1. The van der Waals surface area contributed by atoms with E-state index in [-0.39, 0.29) is 12.5 Å². The van der Waals surface area contributed by atoms with Gasteiger partial charge < -0.3 is 10.4 Å². The van der Waals surface area contributed by atoms with Crippen molar-refractivity contribution < 1.29 is 14.7 Å². The molecule has 0 saturated carbocycles. The Morgan fingerprint density at radius 3 is 2.47 bits per heavy atom. The molecule has 0 aliphatic heterocycles. The molecule has 4 heteroatoms. The van der Waals surface area contributed by atoms with E-state index in [0.717, 1.165) is 12.8 Å². The molecule has 0 spiro atoms. The Balaban J connectivity index is 2.21. The van der Waals surface area contributed by atoms with Crippen molar-refractivity contribution in [2.45, 2.75) is 26.2 Å². The molecule has 2 N–H and O–H groups in total. The second-order valence-electron chi connectivity index (χ2n) is 4.01. The first-order valence-corrected chi connectivity index (χ1v) is 5.62. The van der Waals surface area contributed by atoms with Crippen molar-refractivity contribution in [1.82, 2.24) is 5.32 Å². The van der Waals surface area contributed by atoms with Gasteiger partial charge in [-0.15, -0.1) is 0 Å². The average molecular weight is 235 g/mol. The minimum absolute atomic E-state index is 0.209. The number of aliphatic carboxylic acids is 1. The summed E-state index contributed by atoms with van der Waals surface area (Å²) in [5, 5.41) is 10.7. The fraction of sp³-hybridized carbons (Fsp3) is 0.385. The molecular weight excluding hydrogens is 218 g/mol. The monoisotopic (exact) mass is 235 g/mol. The average Bonchev–Trinajstić information content (AvgIpc) is 2.29. The zero-order valence-electron chi connectivity index (χ0n) is 9.90. The van der Waals surface area contributed by atoms with E-state index in [1.165, 1.54) is 11.1 Å². The predicted molar refractivity (Wildman–Crippen MR) is 64.8 cm³/mol. The number of carbonyl (C=O) groups is 2. The summed E-state index contributed by atoms with van der Waals surface area (Å²) < 4.78 is 0. The molecule has 17 heavy (non-hydrogen) atoms. The summed E-state index contributed by atoms with van der Waals surface area (Å²) in [5.74, 6) is -1.23. The largest absolute Gasteiger partial charge is 0.480 e.